The highest BCUT2D eigenvalue weighted by molar-refractivity contribution is 5.91. The molecule has 2 aromatic carbocycles. The Morgan fingerprint density at radius 3 is 2.29 bits per heavy atom. The van der Waals surface area contributed by atoms with E-state index in [0.29, 0.717) is 6.07 Å². The van der Waals surface area contributed by atoms with E-state index < -0.39 is 28.2 Å². The number of non-ortho nitro benzene ring substituents is 1. The number of nitro groups is 1. The number of benzene rings is 2. The van der Waals surface area contributed by atoms with Crippen molar-refractivity contribution >= 4 is 11.7 Å². The molecule has 0 heterocycles. The molecule has 0 fully saturated rings. The number of halogens is 2. The molecule has 2 rings (SSSR count). The molecule has 0 saturated carbocycles. The van der Waals surface area contributed by atoms with Crippen molar-refractivity contribution in [2.75, 3.05) is 0 Å². The van der Waals surface area contributed by atoms with Gasteiger partial charge >= 0.3 is 5.97 Å². The maximum atomic E-state index is 13.1. The smallest absolute Gasteiger partial charge is 0.339 e. The van der Waals surface area contributed by atoms with Crippen LogP contribution >= 0.6 is 0 Å². The van der Waals surface area contributed by atoms with Crippen molar-refractivity contribution in [3.63, 3.8) is 0 Å². The van der Waals surface area contributed by atoms with Crippen LogP contribution in [0, 0.1) is 21.7 Å². The van der Waals surface area contributed by atoms with Crippen LogP contribution < -0.4 is 4.74 Å². The molecule has 0 radical (unpaired) electrons. The van der Waals surface area contributed by atoms with Crippen LogP contribution in [0.15, 0.2) is 36.4 Å². The molecule has 0 aliphatic heterocycles. The third kappa shape index (κ3) is 3.30. The highest BCUT2D eigenvalue weighted by atomic mass is 19.1. The van der Waals surface area contributed by atoms with E-state index in [2.05, 4.69) is 0 Å². The molecule has 0 bridgehead atoms. The summed E-state index contributed by atoms with van der Waals surface area (Å²) >= 11 is 0. The summed E-state index contributed by atoms with van der Waals surface area (Å²) in [5.74, 6) is -3.94. The molecule has 8 heteroatoms. The SMILES string of the molecule is O=C(O)c1ccc([N+](=O)[O-])cc1Oc1cc(F)cc(F)c1. The van der Waals surface area contributed by atoms with Gasteiger partial charge in [0.05, 0.1) is 11.0 Å². The van der Waals surface area contributed by atoms with Gasteiger partial charge in [-0.3, -0.25) is 10.1 Å². The van der Waals surface area contributed by atoms with Crippen LogP contribution in [-0.4, -0.2) is 16.0 Å². The van der Waals surface area contributed by atoms with Crippen LogP contribution in [-0.2, 0) is 0 Å². The highest BCUT2D eigenvalue weighted by Crippen LogP contribution is 2.30. The fraction of sp³-hybridized carbons (Fsp3) is 0. The fourth-order valence-electron chi connectivity index (χ4n) is 1.60. The van der Waals surface area contributed by atoms with Crippen molar-refractivity contribution in [2.24, 2.45) is 0 Å². The lowest BCUT2D eigenvalue weighted by Crippen LogP contribution is -2.01. The molecule has 0 saturated heterocycles. The second-order valence-electron chi connectivity index (χ2n) is 3.95. The second kappa shape index (κ2) is 5.53. The Morgan fingerprint density at radius 2 is 1.76 bits per heavy atom. The topological polar surface area (TPSA) is 89.7 Å². The molecular weight excluding hydrogens is 288 g/mol. The average molecular weight is 295 g/mol. The Labute approximate surface area is 116 Å². The number of ether oxygens (including phenoxy) is 1. The summed E-state index contributed by atoms with van der Waals surface area (Å²) in [4.78, 5) is 21.0. The molecule has 1 N–H and O–H groups in total. The number of nitro benzene ring substituents is 1. The number of hydrogen-bond acceptors (Lipinski definition) is 4. The zero-order valence-electron chi connectivity index (χ0n) is 10.2. The van der Waals surface area contributed by atoms with Gasteiger partial charge in [-0.05, 0) is 6.07 Å². The summed E-state index contributed by atoms with van der Waals surface area (Å²) in [7, 11) is 0. The van der Waals surface area contributed by atoms with Crippen molar-refractivity contribution < 1.29 is 28.3 Å². The molecule has 6 nitrogen and oxygen atoms in total. The third-order valence-corrected chi connectivity index (χ3v) is 2.47. The van der Waals surface area contributed by atoms with Crippen LogP contribution in [0.3, 0.4) is 0 Å². The molecule has 0 aliphatic rings. The van der Waals surface area contributed by atoms with Crippen LogP contribution in [0.2, 0.25) is 0 Å². The summed E-state index contributed by atoms with van der Waals surface area (Å²) in [6.45, 7) is 0. The Balaban J connectivity index is 2.47. The monoisotopic (exact) mass is 295 g/mol. The summed E-state index contributed by atoms with van der Waals surface area (Å²) in [6.07, 6.45) is 0. The predicted molar refractivity (Wildman–Crippen MR) is 66.5 cm³/mol. The lowest BCUT2D eigenvalue weighted by atomic mass is 10.2. The van der Waals surface area contributed by atoms with E-state index >= 15 is 0 Å². The standard InChI is InChI=1S/C13H7F2NO5/c14-7-3-8(15)5-10(4-7)21-12-6-9(16(19)20)1-2-11(12)13(17)18/h1-6H,(H,17,18). The van der Waals surface area contributed by atoms with Crippen LogP contribution in [0.1, 0.15) is 10.4 Å². The van der Waals surface area contributed by atoms with Crippen molar-refractivity contribution in [2.45, 2.75) is 0 Å². The minimum absolute atomic E-state index is 0.310. The van der Waals surface area contributed by atoms with Gasteiger partial charge in [0.25, 0.3) is 5.69 Å². The van der Waals surface area contributed by atoms with Crippen molar-refractivity contribution in [1.29, 1.82) is 0 Å². The quantitative estimate of drug-likeness (QED) is 0.690. The first-order chi connectivity index (χ1) is 9.86. The Hall–Kier alpha value is -3.03. The maximum Gasteiger partial charge on any atom is 0.339 e. The van der Waals surface area contributed by atoms with Gasteiger partial charge in [0.2, 0.25) is 0 Å². The van der Waals surface area contributed by atoms with E-state index in [0.717, 1.165) is 30.3 Å². The van der Waals surface area contributed by atoms with Crippen LogP contribution in [0.25, 0.3) is 0 Å². The Kier molecular flexibility index (Phi) is 3.79. The van der Waals surface area contributed by atoms with Gasteiger partial charge in [-0.1, -0.05) is 0 Å². The minimum atomic E-state index is -1.39. The van der Waals surface area contributed by atoms with E-state index in [-0.39, 0.29) is 17.1 Å². The molecule has 0 spiro atoms. The molecular formula is C13H7F2NO5. The zero-order valence-corrected chi connectivity index (χ0v) is 10.2. The molecule has 21 heavy (non-hydrogen) atoms. The summed E-state index contributed by atoms with van der Waals surface area (Å²) in [5.41, 5.74) is -0.780. The molecule has 0 atom stereocenters. The van der Waals surface area contributed by atoms with Gasteiger partial charge in [-0.15, -0.1) is 0 Å². The number of carboxylic acid groups (broad SMARTS) is 1. The van der Waals surface area contributed by atoms with Gasteiger partial charge in [0.1, 0.15) is 28.7 Å². The van der Waals surface area contributed by atoms with E-state index in [9.17, 15) is 23.7 Å². The first kappa shape index (κ1) is 14.4. The minimum Gasteiger partial charge on any atom is -0.478 e. The van der Waals surface area contributed by atoms with Crippen molar-refractivity contribution in [3.8, 4) is 11.5 Å². The molecule has 2 aromatic rings. The number of carbonyl (C=O) groups is 1. The van der Waals surface area contributed by atoms with Gasteiger partial charge in [0, 0.05) is 24.3 Å². The third-order valence-electron chi connectivity index (χ3n) is 2.47. The summed E-state index contributed by atoms with van der Waals surface area (Å²) < 4.78 is 31.2. The van der Waals surface area contributed by atoms with Crippen molar-refractivity contribution in [3.05, 3.63) is 63.7 Å². The number of nitrogens with zero attached hydrogens (tertiary/aromatic N) is 1. The predicted octanol–water partition coefficient (Wildman–Crippen LogP) is 3.36. The first-order valence-electron chi connectivity index (χ1n) is 5.52. The molecule has 0 aromatic heterocycles. The van der Waals surface area contributed by atoms with E-state index in [1.807, 2.05) is 0 Å². The fourth-order valence-corrected chi connectivity index (χ4v) is 1.60. The van der Waals surface area contributed by atoms with Crippen LogP contribution in [0.4, 0.5) is 14.5 Å². The maximum absolute atomic E-state index is 13.1. The second-order valence-corrected chi connectivity index (χ2v) is 3.95. The average Bonchev–Trinajstić information content (AvgIpc) is 2.36. The van der Waals surface area contributed by atoms with E-state index in [1.165, 1.54) is 0 Å². The molecule has 0 amide bonds. The molecule has 108 valence electrons. The van der Waals surface area contributed by atoms with Crippen molar-refractivity contribution in [1.82, 2.24) is 0 Å². The van der Waals surface area contributed by atoms with E-state index in [4.69, 9.17) is 9.84 Å². The highest BCUT2D eigenvalue weighted by Gasteiger charge is 2.17. The Bertz CT molecular complexity index is 712. The normalized spacial score (nSPS) is 10.2. The van der Waals surface area contributed by atoms with Gasteiger partial charge in [-0.25, -0.2) is 13.6 Å². The first-order valence-corrected chi connectivity index (χ1v) is 5.52. The van der Waals surface area contributed by atoms with Gasteiger partial charge in [0.15, 0.2) is 0 Å². The lowest BCUT2D eigenvalue weighted by molar-refractivity contribution is -0.384. The van der Waals surface area contributed by atoms with E-state index in [1.54, 1.807) is 0 Å². The molecule has 0 aliphatic carbocycles. The number of carboxylic acids is 1. The summed E-state index contributed by atoms with van der Waals surface area (Å²) in [5, 5.41) is 19.7. The number of rotatable bonds is 4. The molecule has 0 unspecified atom stereocenters. The van der Waals surface area contributed by atoms with Crippen LogP contribution in [0.5, 0.6) is 11.5 Å². The van der Waals surface area contributed by atoms with Gasteiger partial charge < -0.3 is 9.84 Å². The number of hydrogen-bond donors (Lipinski definition) is 1. The lowest BCUT2D eigenvalue weighted by Gasteiger charge is -2.09. The zero-order chi connectivity index (χ0) is 15.6. The number of aromatic carboxylic acids is 1. The largest absolute Gasteiger partial charge is 0.478 e. The Morgan fingerprint density at radius 1 is 1.14 bits per heavy atom. The van der Waals surface area contributed by atoms with Gasteiger partial charge in [-0.2, -0.15) is 0 Å². The summed E-state index contributed by atoms with van der Waals surface area (Å²) in [6, 6.07) is 5.10.